The van der Waals surface area contributed by atoms with Crippen LogP contribution in [-0.2, 0) is 7.05 Å². The third-order valence-corrected chi connectivity index (χ3v) is 5.00. The highest BCUT2D eigenvalue weighted by molar-refractivity contribution is 5.91. The molecule has 0 saturated heterocycles. The summed E-state index contributed by atoms with van der Waals surface area (Å²) in [4.78, 5) is 12.5. The maximum absolute atomic E-state index is 6.28. The van der Waals surface area contributed by atoms with Gasteiger partial charge in [0.2, 0.25) is 0 Å². The average molecular weight is 360 g/mol. The van der Waals surface area contributed by atoms with Crippen LogP contribution >= 0.6 is 0 Å². The predicted octanol–water partition coefficient (Wildman–Crippen LogP) is 3.20. The van der Waals surface area contributed by atoms with Gasteiger partial charge in [-0.3, -0.25) is 4.68 Å². The first kappa shape index (κ1) is 16.0. The van der Waals surface area contributed by atoms with Gasteiger partial charge >= 0.3 is 0 Å². The van der Waals surface area contributed by atoms with Crippen molar-refractivity contribution in [1.82, 2.24) is 24.7 Å². The maximum atomic E-state index is 6.28. The number of fused-ring (bicyclic) bond motifs is 2. The number of hydrogen-bond donors (Lipinski definition) is 2. The number of rotatable bonds is 2. The Kier molecular flexibility index (Phi) is 3.68. The van der Waals surface area contributed by atoms with Crippen LogP contribution in [0.2, 0.25) is 0 Å². The first-order valence-corrected chi connectivity index (χ1v) is 9.05. The number of pyridine rings is 1. The van der Waals surface area contributed by atoms with E-state index < -0.39 is 0 Å². The molecule has 4 aromatic rings. The van der Waals surface area contributed by atoms with Crippen molar-refractivity contribution in [2.75, 3.05) is 6.61 Å². The summed E-state index contributed by atoms with van der Waals surface area (Å²) in [5.41, 5.74) is 11.9. The number of ether oxygens (including phenoxy) is 1. The van der Waals surface area contributed by atoms with Gasteiger partial charge in [0.1, 0.15) is 17.1 Å². The summed E-state index contributed by atoms with van der Waals surface area (Å²) >= 11 is 0. The maximum Gasteiger partial charge on any atom is 0.158 e. The normalized spacial score (nSPS) is 16.7. The number of nitrogens with one attached hydrogen (secondary N) is 1. The first-order valence-electron chi connectivity index (χ1n) is 9.05. The zero-order valence-corrected chi connectivity index (χ0v) is 15.0. The third kappa shape index (κ3) is 2.76. The molecule has 0 amide bonds. The fourth-order valence-corrected chi connectivity index (χ4v) is 3.60. The molecular weight excluding hydrogens is 340 g/mol. The molecule has 0 aliphatic carbocycles. The molecule has 5 rings (SSSR count). The fraction of sp³-hybridized carbons (Fsp3) is 0.250. The van der Waals surface area contributed by atoms with Gasteiger partial charge in [0.25, 0.3) is 0 Å². The molecular formula is C20H20N6O. The minimum atomic E-state index is 0.0246. The highest BCUT2D eigenvalue weighted by Crippen LogP contribution is 2.36. The van der Waals surface area contributed by atoms with Gasteiger partial charge in [-0.1, -0.05) is 12.1 Å². The summed E-state index contributed by atoms with van der Waals surface area (Å²) in [6.07, 6.45) is 7.42. The molecule has 0 radical (unpaired) electrons. The molecule has 0 saturated carbocycles. The van der Waals surface area contributed by atoms with E-state index >= 15 is 0 Å². The van der Waals surface area contributed by atoms with Crippen LogP contribution in [0, 0.1) is 0 Å². The molecule has 1 aliphatic rings. The molecule has 0 fully saturated rings. The van der Waals surface area contributed by atoms with Crippen molar-refractivity contribution in [3.63, 3.8) is 0 Å². The largest absolute Gasteiger partial charge is 0.493 e. The minimum absolute atomic E-state index is 0.0246. The summed E-state index contributed by atoms with van der Waals surface area (Å²) in [6.45, 7) is 0.698. The first-order chi connectivity index (χ1) is 13.2. The lowest BCUT2D eigenvalue weighted by Crippen LogP contribution is -2.08. The van der Waals surface area contributed by atoms with E-state index in [0.717, 1.165) is 57.8 Å². The van der Waals surface area contributed by atoms with Crippen LogP contribution in [0.1, 0.15) is 24.4 Å². The highest BCUT2D eigenvalue weighted by atomic mass is 16.5. The van der Waals surface area contributed by atoms with Gasteiger partial charge in [0, 0.05) is 36.6 Å². The van der Waals surface area contributed by atoms with E-state index in [4.69, 9.17) is 15.5 Å². The van der Waals surface area contributed by atoms with E-state index in [1.807, 2.05) is 19.3 Å². The molecule has 1 aliphatic heterocycles. The fourth-order valence-electron chi connectivity index (χ4n) is 3.60. The van der Waals surface area contributed by atoms with Gasteiger partial charge in [0.15, 0.2) is 5.65 Å². The summed E-state index contributed by atoms with van der Waals surface area (Å²) < 4.78 is 7.69. The van der Waals surface area contributed by atoms with Crippen LogP contribution in [0.4, 0.5) is 0 Å². The summed E-state index contributed by atoms with van der Waals surface area (Å²) in [5, 5.41) is 4.22. The number of nitrogens with zero attached hydrogens (tertiary/aromatic N) is 4. The number of hydrogen-bond acceptors (Lipinski definition) is 5. The zero-order valence-electron chi connectivity index (χ0n) is 15.0. The van der Waals surface area contributed by atoms with Crippen LogP contribution in [0.25, 0.3) is 33.7 Å². The lowest BCUT2D eigenvalue weighted by Gasteiger charge is -2.13. The summed E-state index contributed by atoms with van der Waals surface area (Å²) in [7, 11) is 1.89. The van der Waals surface area contributed by atoms with E-state index in [-0.39, 0.29) is 6.04 Å². The van der Waals surface area contributed by atoms with Gasteiger partial charge in [-0.05, 0) is 30.5 Å². The highest BCUT2D eigenvalue weighted by Gasteiger charge is 2.18. The average Bonchev–Trinajstić information content (AvgIpc) is 3.26. The second-order valence-electron chi connectivity index (χ2n) is 6.89. The van der Waals surface area contributed by atoms with Crippen LogP contribution in [0.5, 0.6) is 5.75 Å². The summed E-state index contributed by atoms with van der Waals surface area (Å²) in [5.74, 6) is 1.62. The van der Waals surface area contributed by atoms with Crippen molar-refractivity contribution < 1.29 is 4.74 Å². The van der Waals surface area contributed by atoms with E-state index in [0.29, 0.717) is 6.61 Å². The SMILES string of the molecule is Cn1cc(-c2nc3c(-c4ccc5c(c4)OCCC[C@@H]5N)ccnc3[nH]2)cn1. The van der Waals surface area contributed by atoms with Gasteiger partial charge < -0.3 is 15.5 Å². The van der Waals surface area contributed by atoms with E-state index in [1.165, 1.54) is 0 Å². The molecule has 0 spiro atoms. The molecule has 1 aromatic carbocycles. The number of aryl methyl sites for hydroxylation is 1. The smallest absolute Gasteiger partial charge is 0.158 e. The van der Waals surface area contributed by atoms with Crippen molar-refractivity contribution in [2.24, 2.45) is 12.8 Å². The molecule has 7 nitrogen and oxygen atoms in total. The Morgan fingerprint density at radius 1 is 1.26 bits per heavy atom. The molecule has 136 valence electrons. The van der Waals surface area contributed by atoms with E-state index in [2.05, 4.69) is 33.3 Å². The Labute approximate surface area is 156 Å². The quantitative estimate of drug-likeness (QED) is 0.572. The third-order valence-electron chi connectivity index (χ3n) is 5.00. The molecule has 27 heavy (non-hydrogen) atoms. The Hall–Kier alpha value is -3.19. The van der Waals surface area contributed by atoms with Crippen molar-refractivity contribution >= 4 is 11.2 Å². The van der Waals surface area contributed by atoms with Crippen molar-refractivity contribution in [1.29, 1.82) is 0 Å². The molecule has 3 N–H and O–H groups in total. The van der Waals surface area contributed by atoms with Crippen LogP contribution in [0.15, 0.2) is 42.9 Å². The Bertz CT molecular complexity index is 1130. The molecule has 0 bridgehead atoms. The van der Waals surface area contributed by atoms with Gasteiger partial charge in [-0.25, -0.2) is 9.97 Å². The lowest BCUT2D eigenvalue weighted by molar-refractivity contribution is 0.316. The van der Waals surface area contributed by atoms with Crippen molar-refractivity contribution in [3.8, 4) is 28.3 Å². The number of nitrogens with two attached hydrogens (primary N) is 1. The number of aromatic amines is 1. The minimum Gasteiger partial charge on any atom is -0.493 e. The number of imidazole rings is 1. The van der Waals surface area contributed by atoms with Crippen LogP contribution < -0.4 is 10.5 Å². The molecule has 0 unspecified atom stereocenters. The predicted molar refractivity (Wildman–Crippen MR) is 103 cm³/mol. The van der Waals surface area contributed by atoms with E-state index in [9.17, 15) is 0 Å². The molecule has 1 atom stereocenters. The lowest BCUT2D eigenvalue weighted by atomic mass is 9.98. The molecule has 3 aromatic heterocycles. The monoisotopic (exact) mass is 360 g/mol. The van der Waals surface area contributed by atoms with Gasteiger partial charge in [-0.15, -0.1) is 0 Å². The molecule has 4 heterocycles. The second kappa shape index (κ2) is 6.21. The zero-order chi connectivity index (χ0) is 18.4. The van der Waals surface area contributed by atoms with Crippen molar-refractivity contribution in [2.45, 2.75) is 18.9 Å². The van der Waals surface area contributed by atoms with Crippen molar-refractivity contribution in [3.05, 3.63) is 48.4 Å². The Morgan fingerprint density at radius 3 is 3.04 bits per heavy atom. The number of benzene rings is 1. The standard InChI is InChI=1S/C20H20N6O/c1-26-11-13(10-23-26)19-24-18-14(6-7-22-20(18)25-19)12-4-5-15-16(21)3-2-8-27-17(15)9-12/h4-7,9-11,16H,2-3,8,21H2,1H3,(H,22,24,25)/t16-/m0/s1. The Morgan fingerprint density at radius 2 is 2.19 bits per heavy atom. The second-order valence-corrected chi connectivity index (χ2v) is 6.89. The summed E-state index contributed by atoms with van der Waals surface area (Å²) in [6, 6.07) is 8.22. The van der Waals surface area contributed by atoms with Crippen LogP contribution in [0.3, 0.4) is 0 Å². The van der Waals surface area contributed by atoms with Gasteiger partial charge in [-0.2, -0.15) is 5.10 Å². The van der Waals surface area contributed by atoms with Crippen LogP contribution in [-0.4, -0.2) is 31.3 Å². The number of aromatic nitrogens is 5. The number of H-pyrrole nitrogens is 1. The Balaban J connectivity index is 1.63. The van der Waals surface area contributed by atoms with Gasteiger partial charge in [0.05, 0.1) is 18.4 Å². The molecule has 7 heteroatoms. The topological polar surface area (TPSA) is 94.6 Å². The van der Waals surface area contributed by atoms with E-state index in [1.54, 1.807) is 17.1 Å².